The minimum Gasteiger partial charge on any atom is -0.460 e. The van der Waals surface area contributed by atoms with E-state index in [1.54, 1.807) is 0 Å². The lowest BCUT2D eigenvalue weighted by Gasteiger charge is -2.34. The van der Waals surface area contributed by atoms with Crippen molar-refractivity contribution in [3.63, 3.8) is 0 Å². The molecule has 0 aromatic heterocycles. The van der Waals surface area contributed by atoms with Gasteiger partial charge in [0.15, 0.2) is 0 Å². The molecule has 0 aromatic rings. The summed E-state index contributed by atoms with van der Waals surface area (Å²) in [6.45, 7) is 10.9. The molecule has 0 bridgehead atoms. The molecule has 1 aliphatic rings. The van der Waals surface area contributed by atoms with Gasteiger partial charge < -0.3 is 19.9 Å². The summed E-state index contributed by atoms with van der Waals surface area (Å²) in [4.78, 5) is 23.8. The largest absolute Gasteiger partial charge is 0.460 e. The van der Waals surface area contributed by atoms with E-state index in [-0.39, 0.29) is 24.5 Å². The lowest BCUT2D eigenvalue weighted by molar-refractivity contribution is -0.156. The van der Waals surface area contributed by atoms with Crippen LogP contribution in [0.5, 0.6) is 0 Å². The highest BCUT2D eigenvalue weighted by Gasteiger charge is 2.31. The lowest BCUT2D eigenvalue weighted by atomic mass is 9.77. The molecule has 0 spiro atoms. The molecular formula is C19H35NO5. The van der Waals surface area contributed by atoms with E-state index in [1.165, 1.54) is 0 Å². The normalized spacial score (nSPS) is 22.8. The first kappa shape index (κ1) is 21.7. The average Bonchev–Trinajstić information content (AvgIpc) is 2.41. The van der Waals surface area contributed by atoms with Gasteiger partial charge in [0, 0.05) is 6.42 Å². The predicted octanol–water partition coefficient (Wildman–Crippen LogP) is 3.41. The first-order valence-corrected chi connectivity index (χ1v) is 9.22. The van der Waals surface area contributed by atoms with E-state index in [2.05, 4.69) is 5.32 Å². The van der Waals surface area contributed by atoms with E-state index in [9.17, 15) is 14.7 Å². The van der Waals surface area contributed by atoms with Crippen LogP contribution in [0.3, 0.4) is 0 Å². The molecule has 6 nitrogen and oxygen atoms in total. The Morgan fingerprint density at radius 1 is 1.00 bits per heavy atom. The van der Waals surface area contributed by atoms with Crippen LogP contribution in [-0.4, -0.2) is 41.0 Å². The van der Waals surface area contributed by atoms with Crippen molar-refractivity contribution in [2.24, 2.45) is 11.8 Å². The zero-order valence-electron chi connectivity index (χ0n) is 16.6. The average molecular weight is 357 g/mol. The number of aliphatic hydroxyl groups excluding tert-OH is 1. The van der Waals surface area contributed by atoms with E-state index in [4.69, 9.17) is 9.47 Å². The number of rotatable bonds is 5. The molecule has 0 aliphatic heterocycles. The molecule has 0 radical (unpaired) electrons. The Balaban J connectivity index is 2.43. The van der Waals surface area contributed by atoms with Gasteiger partial charge in [-0.25, -0.2) is 4.79 Å². The summed E-state index contributed by atoms with van der Waals surface area (Å²) in [6, 6.07) is -0.308. The molecule has 1 fully saturated rings. The molecule has 6 heteroatoms. The van der Waals surface area contributed by atoms with Gasteiger partial charge in [-0.15, -0.1) is 0 Å². The molecule has 25 heavy (non-hydrogen) atoms. The number of alkyl carbamates (subject to hydrolysis) is 1. The summed E-state index contributed by atoms with van der Waals surface area (Å²) in [5.74, 6) is 0.362. The summed E-state index contributed by atoms with van der Waals surface area (Å²) >= 11 is 0. The third kappa shape index (κ3) is 9.10. The van der Waals surface area contributed by atoms with Crippen molar-refractivity contribution >= 4 is 12.1 Å². The molecule has 0 aromatic carbocycles. The van der Waals surface area contributed by atoms with E-state index < -0.39 is 17.3 Å². The van der Waals surface area contributed by atoms with Crippen molar-refractivity contribution in [3.05, 3.63) is 0 Å². The third-order valence-electron chi connectivity index (χ3n) is 4.23. The molecule has 0 saturated heterocycles. The van der Waals surface area contributed by atoms with Crippen molar-refractivity contribution < 1.29 is 24.2 Å². The highest BCUT2D eigenvalue weighted by Crippen LogP contribution is 2.33. The molecule has 2 N–H and O–H groups in total. The van der Waals surface area contributed by atoms with Crippen molar-refractivity contribution in [2.75, 3.05) is 6.61 Å². The Hall–Kier alpha value is -1.30. The van der Waals surface area contributed by atoms with Gasteiger partial charge in [0.2, 0.25) is 0 Å². The van der Waals surface area contributed by atoms with E-state index in [0.717, 1.165) is 25.7 Å². The molecular weight excluding hydrogens is 322 g/mol. The summed E-state index contributed by atoms with van der Waals surface area (Å²) in [5.41, 5.74) is -1.01. The molecule has 1 unspecified atom stereocenters. The van der Waals surface area contributed by atoms with Crippen LogP contribution < -0.4 is 5.32 Å². The van der Waals surface area contributed by atoms with Gasteiger partial charge in [-0.05, 0) is 79.1 Å². The van der Waals surface area contributed by atoms with Crippen molar-refractivity contribution in [2.45, 2.75) is 90.9 Å². The highest BCUT2D eigenvalue weighted by atomic mass is 16.6. The first-order valence-electron chi connectivity index (χ1n) is 9.22. The fourth-order valence-electron chi connectivity index (χ4n) is 3.19. The van der Waals surface area contributed by atoms with Gasteiger partial charge in [-0.3, -0.25) is 4.79 Å². The fraction of sp³-hybridized carbons (Fsp3) is 0.895. The number of esters is 1. The van der Waals surface area contributed by atoms with Gasteiger partial charge in [0.25, 0.3) is 0 Å². The van der Waals surface area contributed by atoms with Crippen molar-refractivity contribution in [1.29, 1.82) is 0 Å². The number of carbonyl (C=O) groups is 2. The predicted molar refractivity (Wildman–Crippen MR) is 96.2 cm³/mol. The number of aliphatic hydroxyl groups is 1. The number of hydrogen-bond acceptors (Lipinski definition) is 5. The number of nitrogens with one attached hydrogen (secondary N) is 1. The first-order chi connectivity index (χ1) is 11.4. The highest BCUT2D eigenvalue weighted by molar-refractivity contribution is 5.70. The van der Waals surface area contributed by atoms with Crippen LogP contribution in [0.15, 0.2) is 0 Å². The quantitative estimate of drug-likeness (QED) is 0.737. The van der Waals surface area contributed by atoms with Crippen LogP contribution in [-0.2, 0) is 14.3 Å². The molecule has 1 aliphatic carbocycles. The lowest BCUT2D eigenvalue weighted by Crippen LogP contribution is -2.46. The minimum atomic E-state index is -0.560. The van der Waals surface area contributed by atoms with Crippen LogP contribution in [0, 0.1) is 11.8 Å². The van der Waals surface area contributed by atoms with Crippen LogP contribution in [0.1, 0.15) is 73.6 Å². The molecule has 1 rings (SSSR count). The number of carbonyl (C=O) groups excluding carboxylic acids is 2. The SMILES string of the molecule is CC(C)(C)OC(=O)CC1CCC(C(CO)NC(=O)OC(C)(C)C)CC1. The van der Waals surface area contributed by atoms with Gasteiger partial charge in [0.05, 0.1) is 12.6 Å². The van der Waals surface area contributed by atoms with E-state index in [1.807, 2.05) is 41.5 Å². The smallest absolute Gasteiger partial charge is 0.407 e. The van der Waals surface area contributed by atoms with Crippen molar-refractivity contribution in [3.8, 4) is 0 Å². The molecule has 1 saturated carbocycles. The zero-order valence-corrected chi connectivity index (χ0v) is 16.6. The second-order valence-corrected chi connectivity index (χ2v) is 9.01. The van der Waals surface area contributed by atoms with Crippen LogP contribution in [0.4, 0.5) is 4.79 Å². The van der Waals surface area contributed by atoms with Crippen molar-refractivity contribution in [1.82, 2.24) is 5.32 Å². The van der Waals surface area contributed by atoms with Crippen LogP contribution in [0.2, 0.25) is 0 Å². The molecule has 0 heterocycles. The molecule has 1 amide bonds. The van der Waals surface area contributed by atoms with Crippen LogP contribution in [0.25, 0.3) is 0 Å². The Labute approximate surface area is 151 Å². The number of amides is 1. The molecule has 1 atom stereocenters. The second-order valence-electron chi connectivity index (χ2n) is 9.01. The number of ether oxygens (including phenoxy) is 2. The summed E-state index contributed by atoms with van der Waals surface area (Å²) in [7, 11) is 0. The maximum Gasteiger partial charge on any atom is 0.407 e. The van der Waals surface area contributed by atoms with Crippen LogP contribution >= 0.6 is 0 Å². The van der Waals surface area contributed by atoms with Gasteiger partial charge in [-0.1, -0.05) is 0 Å². The Kier molecular flexibility index (Phi) is 7.72. The Bertz CT molecular complexity index is 442. The third-order valence-corrected chi connectivity index (χ3v) is 4.23. The maximum atomic E-state index is 11.9. The van der Waals surface area contributed by atoms with Gasteiger partial charge in [-0.2, -0.15) is 0 Å². The van der Waals surface area contributed by atoms with E-state index >= 15 is 0 Å². The summed E-state index contributed by atoms with van der Waals surface area (Å²) < 4.78 is 10.6. The topological polar surface area (TPSA) is 84.9 Å². The maximum absolute atomic E-state index is 11.9. The van der Waals surface area contributed by atoms with E-state index in [0.29, 0.717) is 12.3 Å². The summed E-state index contributed by atoms with van der Waals surface area (Å²) in [5, 5.41) is 12.4. The van der Waals surface area contributed by atoms with Gasteiger partial charge >= 0.3 is 12.1 Å². The standard InChI is InChI=1S/C19H35NO5/c1-18(2,3)24-16(22)11-13-7-9-14(10-8-13)15(12-21)20-17(23)25-19(4,5)6/h13-15,21H,7-12H2,1-6H3,(H,20,23). The Morgan fingerprint density at radius 2 is 1.52 bits per heavy atom. The second kappa shape index (κ2) is 8.88. The van der Waals surface area contributed by atoms with Gasteiger partial charge in [0.1, 0.15) is 11.2 Å². The number of hydrogen-bond donors (Lipinski definition) is 2. The fourth-order valence-corrected chi connectivity index (χ4v) is 3.19. The zero-order chi connectivity index (χ0) is 19.3. The Morgan fingerprint density at radius 3 is 1.96 bits per heavy atom. The molecule has 146 valence electrons. The summed E-state index contributed by atoms with van der Waals surface area (Å²) in [6.07, 6.45) is 3.48. The monoisotopic (exact) mass is 357 g/mol. The minimum absolute atomic E-state index is 0.110.